The largest absolute Gasteiger partial charge is 0.451 e. The highest BCUT2D eigenvalue weighted by atomic mass is 35.5. The van der Waals surface area contributed by atoms with Gasteiger partial charge in [-0.25, -0.2) is 8.42 Å². The summed E-state index contributed by atoms with van der Waals surface area (Å²) in [5.74, 6) is -0.712. The molecule has 0 radical (unpaired) electrons. The van der Waals surface area contributed by atoms with E-state index >= 15 is 0 Å². The van der Waals surface area contributed by atoms with Crippen LogP contribution in [0.2, 0.25) is 5.02 Å². The number of hydrogen-bond acceptors (Lipinski definition) is 5. The van der Waals surface area contributed by atoms with E-state index in [2.05, 4.69) is 0 Å². The standard InChI is InChI=1S/C22H20ClNO5S/c1-14-5-6-18-19(25)11-21(29-20(18)9-14)22(26)24(17-7-8-30(27,28)13-17)12-15-3-2-4-16(23)10-15/h2-6,9-11,17H,7-8,12-13H2,1H3/t17-/m0/s1. The van der Waals surface area contributed by atoms with Crippen molar-refractivity contribution in [1.82, 2.24) is 4.90 Å². The van der Waals surface area contributed by atoms with E-state index in [0.717, 1.165) is 11.1 Å². The van der Waals surface area contributed by atoms with Gasteiger partial charge in [0.15, 0.2) is 21.0 Å². The van der Waals surface area contributed by atoms with Crippen LogP contribution < -0.4 is 5.43 Å². The van der Waals surface area contributed by atoms with Crippen molar-refractivity contribution in [2.24, 2.45) is 0 Å². The topological polar surface area (TPSA) is 84.7 Å². The predicted molar refractivity (Wildman–Crippen MR) is 116 cm³/mol. The fourth-order valence-corrected chi connectivity index (χ4v) is 5.67. The molecule has 1 saturated heterocycles. The van der Waals surface area contributed by atoms with Crippen LogP contribution in [0.1, 0.15) is 28.1 Å². The van der Waals surface area contributed by atoms with Crippen LogP contribution >= 0.6 is 11.6 Å². The Morgan fingerprint density at radius 1 is 1.20 bits per heavy atom. The van der Waals surface area contributed by atoms with Crippen molar-refractivity contribution in [3.63, 3.8) is 0 Å². The molecule has 4 rings (SSSR count). The minimum absolute atomic E-state index is 0.0257. The zero-order valence-electron chi connectivity index (χ0n) is 16.3. The lowest BCUT2D eigenvalue weighted by atomic mass is 10.1. The smallest absolute Gasteiger partial charge is 0.290 e. The number of hydrogen-bond donors (Lipinski definition) is 0. The summed E-state index contributed by atoms with van der Waals surface area (Å²) in [7, 11) is -3.22. The van der Waals surface area contributed by atoms with Gasteiger partial charge in [0, 0.05) is 23.7 Å². The van der Waals surface area contributed by atoms with Crippen molar-refractivity contribution in [1.29, 1.82) is 0 Å². The molecule has 0 bridgehead atoms. The number of fused-ring (bicyclic) bond motifs is 1. The van der Waals surface area contributed by atoms with Crippen LogP contribution in [0.3, 0.4) is 0 Å². The van der Waals surface area contributed by atoms with Crippen LogP contribution in [0.4, 0.5) is 0 Å². The molecule has 2 heterocycles. The first-order valence-corrected chi connectivity index (χ1v) is 11.7. The number of carbonyl (C=O) groups excluding carboxylic acids is 1. The van der Waals surface area contributed by atoms with Crippen LogP contribution in [0.15, 0.2) is 57.7 Å². The molecule has 0 N–H and O–H groups in total. The van der Waals surface area contributed by atoms with E-state index in [-0.39, 0.29) is 29.2 Å². The first-order chi connectivity index (χ1) is 14.2. The monoisotopic (exact) mass is 445 g/mol. The third kappa shape index (κ3) is 4.27. The van der Waals surface area contributed by atoms with E-state index in [0.29, 0.717) is 22.4 Å². The lowest BCUT2D eigenvalue weighted by molar-refractivity contribution is 0.0648. The molecular formula is C22H20ClNO5S. The lowest BCUT2D eigenvalue weighted by Crippen LogP contribution is -2.40. The maximum absolute atomic E-state index is 13.4. The van der Waals surface area contributed by atoms with E-state index in [1.807, 2.05) is 13.0 Å². The Morgan fingerprint density at radius 3 is 2.70 bits per heavy atom. The number of carbonyl (C=O) groups is 1. The normalized spacial score (nSPS) is 17.9. The van der Waals surface area contributed by atoms with Gasteiger partial charge in [-0.15, -0.1) is 0 Å². The molecule has 0 saturated carbocycles. The molecule has 156 valence electrons. The van der Waals surface area contributed by atoms with Crippen molar-refractivity contribution in [2.45, 2.75) is 25.9 Å². The summed E-state index contributed by atoms with van der Waals surface area (Å²) in [6.07, 6.45) is 0.339. The average molecular weight is 446 g/mol. The summed E-state index contributed by atoms with van der Waals surface area (Å²) in [5.41, 5.74) is 1.67. The molecule has 0 unspecified atom stereocenters. The van der Waals surface area contributed by atoms with Crippen LogP contribution in [0.25, 0.3) is 11.0 Å². The molecule has 30 heavy (non-hydrogen) atoms. The maximum Gasteiger partial charge on any atom is 0.290 e. The molecule has 1 aliphatic heterocycles. The molecule has 3 aromatic rings. The molecule has 1 aliphatic rings. The fourth-order valence-electron chi connectivity index (χ4n) is 3.73. The summed E-state index contributed by atoms with van der Waals surface area (Å²) in [4.78, 5) is 27.4. The van der Waals surface area contributed by atoms with Crippen LogP contribution in [0, 0.1) is 6.92 Å². The third-order valence-electron chi connectivity index (χ3n) is 5.25. The van der Waals surface area contributed by atoms with E-state index in [1.54, 1.807) is 36.4 Å². The zero-order chi connectivity index (χ0) is 21.5. The SMILES string of the molecule is Cc1ccc2c(=O)cc(C(=O)N(Cc3cccc(Cl)c3)[C@H]3CCS(=O)(=O)C3)oc2c1. The Balaban J connectivity index is 1.75. The highest BCUT2D eigenvalue weighted by Crippen LogP contribution is 2.24. The van der Waals surface area contributed by atoms with E-state index in [1.165, 1.54) is 11.0 Å². The van der Waals surface area contributed by atoms with Crippen molar-refractivity contribution < 1.29 is 17.6 Å². The highest BCUT2D eigenvalue weighted by molar-refractivity contribution is 7.91. The van der Waals surface area contributed by atoms with Gasteiger partial charge >= 0.3 is 0 Å². The van der Waals surface area contributed by atoms with Gasteiger partial charge in [-0.2, -0.15) is 0 Å². The van der Waals surface area contributed by atoms with Crippen LogP contribution in [0.5, 0.6) is 0 Å². The molecule has 0 aliphatic carbocycles. The maximum atomic E-state index is 13.4. The second-order valence-electron chi connectivity index (χ2n) is 7.59. The van der Waals surface area contributed by atoms with Gasteiger partial charge in [0.1, 0.15) is 5.58 Å². The second kappa shape index (κ2) is 7.89. The van der Waals surface area contributed by atoms with Gasteiger partial charge in [0.25, 0.3) is 5.91 Å². The second-order valence-corrected chi connectivity index (χ2v) is 10.3. The first kappa shape index (κ1) is 20.6. The predicted octanol–water partition coefficient (Wildman–Crippen LogP) is 3.58. The average Bonchev–Trinajstić information content (AvgIpc) is 3.04. The zero-order valence-corrected chi connectivity index (χ0v) is 17.9. The quantitative estimate of drug-likeness (QED) is 0.612. The van der Waals surface area contributed by atoms with Crippen molar-refractivity contribution >= 4 is 38.3 Å². The van der Waals surface area contributed by atoms with Gasteiger partial charge < -0.3 is 9.32 Å². The molecule has 2 aromatic carbocycles. The summed E-state index contributed by atoms with van der Waals surface area (Å²) < 4.78 is 29.9. The Bertz CT molecular complexity index is 1300. The minimum atomic E-state index is -3.22. The molecule has 0 spiro atoms. The Morgan fingerprint density at radius 2 is 2.00 bits per heavy atom. The number of nitrogens with zero attached hydrogens (tertiary/aromatic N) is 1. The Hall–Kier alpha value is -2.64. The fraction of sp³-hybridized carbons (Fsp3) is 0.273. The molecule has 1 aromatic heterocycles. The minimum Gasteiger partial charge on any atom is -0.451 e. The van der Waals surface area contributed by atoms with Gasteiger partial charge in [-0.1, -0.05) is 29.8 Å². The molecular weight excluding hydrogens is 426 g/mol. The van der Waals surface area contributed by atoms with Crippen molar-refractivity contribution in [3.8, 4) is 0 Å². The van der Waals surface area contributed by atoms with E-state index in [9.17, 15) is 18.0 Å². The van der Waals surface area contributed by atoms with E-state index < -0.39 is 21.8 Å². The molecule has 6 nitrogen and oxygen atoms in total. The molecule has 1 fully saturated rings. The number of halogens is 1. The Kier molecular flexibility index (Phi) is 5.42. The molecule has 1 amide bonds. The van der Waals surface area contributed by atoms with Crippen molar-refractivity contribution in [2.75, 3.05) is 11.5 Å². The van der Waals surface area contributed by atoms with E-state index in [4.69, 9.17) is 16.0 Å². The number of amides is 1. The number of benzene rings is 2. The molecule has 8 heteroatoms. The summed E-state index contributed by atoms with van der Waals surface area (Å²) in [5, 5.41) is 0.911. The highest BCUT2D eigenvalue weighted by Gasteiger charge is 2.36. The summed E-state index contributed by atoms with van der Waals surface area (Å²) in [6, 6.07) is 12.9. The summed E-state index contributed by atoms with van der Waals surface area (Å²) >= 11 is 6.07. The Labute approximate surface area is 179 Å². The van der Waals surface area contributed by atoms with Crippen LogP contribution in [-0.4, -0.2) is 36.8 Å². The lowest BCUT2D eigenvalue weighted by Gasteiger charge is -2.28. The van der Waals surface area contributed by atoms with Gasteiger partial charge in [0.2, 0.25) is 0 Å². The first-order valence-electron chi connectivity index (χ1n) is 9.52. The number of sulfone groups is 1. The van der Waals surface area contributed by atoms with Crippen LogP contribution in [-0.2, 0) is 16.4 Å². The van der Waals surface area contributed by atoms with Gasteiger partial charge in [-0.3, -0.25) is 9.59 Å². The third-order valence-corrected chi connectivity index (χ3v) is 7.23. The summed E-state index contributed by atoms with van der Waals surface area (Å²) in [6.45, 7) is 2.03. The number of aryl methyl sites for hydroxylation is 1. The number of rotatable bonds is 4. The molecule has 1 atom stereocenters. The van der Waals surface area contributed by atoms with Crippen molar-refractivity contribution in [3.05, 3.63) is 80.7 Å². The van der Waals surface area contributed by atoms with Gasteiger partial charge in [-0.05, 0) is 48.7 Å². The van der Waals surface area contributed by atoms with Gasteiger partial charge in [0.05, 0.1) is 16.9 Å².